The van der Waals surface area contributed by atoms with E-state index in [0.29, 0.717) is 18.9 Å². The van der Waals surface area contributed by atoms with Crippen molar-refractivity contribution in [1.82, 2.24) is 0 Å². The van der Waals surface area contributed by atoms with E-state index in [1.807, 2.05) is 30.3 Å². The number of amides is 1. The van der Waals surface area contributed by atoms with Crippen molar-refractivity contribution >= 4 is 11.6 Å². The van der Waals surface area contributed by atoms with Gasteiger partial charge >= 0.3 is 0 Å². The third-order valence-electron chi connectivity index (χ3n) is 2.99. The van der Waals surface area contributed by atoms with Crippen molar-refractivity contribution in [2.75, 3.05) is 11.9 Å². The van der Waals surface area contributed by atoms with Crippen LogP contribution in [0.25, 0.3) is 0 Å². The van der Waals surface area contributed by atoms with Crippen molar-refractivity contribution in [3.05, 3.63) is 30.3 Å². The Labute approximate surface area is 103 Å². The Morgan fingerprint density at radius 1 is 1.29 bits per heavy atom. The van der Waals surface area contributed by atoms with Gasteiger partial charge in [-0.15, -0.1) is 0 Å². The van der Waals surface area contributed by atoms with Crippen LogP contribution in [0.15, 0.2) is 30.3 Å². The van der Waals surface area contributed by atoms with Gasteiger partial charge in [-0.3, -0.25) is 4.79 Å². The van der Waals surface area contributed by atoms with Crippen LogP contribution >= 0.6 is 0 Å². The zero-order valence-electron chi connectivity index (χ0n) is 10.5. The molecule has 0 bridgehead atoms. The number of anilines is 1. The summed E-state index contributed by atoms with van der Waals surface area (Å²) in [7, 11) is 0. The monoisotopic (exact) mass is 234 g/mol. The number of nitrogens with one attached hydrogen (secondary N) is 1. The van der Waals surface area contributed by atoms with Crippen LogP contribution in [0.4, 0.5) is 5.69 Å². The molecular weight excluding hydrogens is 212 g/mol. The van der Waals surface area contributed by atoms with Gasteiger partial charge in [-0.05, 0) is 37.4 Å². The molecule has 0 aliphatic carbocycles. The highest BCUT2D eigenvalue weighted by Gasteiger charge is 2.08. The first kappa shape index (κ1) is 13.7. The maximum absolute atomic E-state index is 11.7. The number of hydrogen-bond acceptors (Lipinski definition) is 2. The van der Waals surface area contributed by atoms with Gasteiger partial charge in [-0.2, -0.15) is 0 Å². The fourth-order valence-electron chi connectivity index (χ4n) is 1.87. The first-order chi connectivity index (χ1) is 8.26. The van der Waals surface area contributed by atoms with E-state index < -0.39 is 0 Å². The molecule has 94 valence electrons. The van der Waals surface area contributed by atoms with E-state index in [9.17, 15) is 4.79 Å². The lowest BCUT2D eigenvalue weighted by Crippen LogP contribution is -2.15. The predicted octanol–water partition coefficient (Wildman–Crippen LogP) is 2.78. The Morgan fingerprint density at radius 2 is 2.00 bits per heavy atom. The summed E-state index contributed by atoms with van der Waals surface area (Å²) < 4.78 is 0. The predicted molar refractivity (Wildman–Crippen MR) is 71.8 cm³/mol. The highest BCUT2D eigenvalue weighted by atomic mass is 16.1. The number of rotatable bonds is 7. The second kappa shape index (κ2) is 7.85. The molecule has 1 amide bonds. The molecule has 1 aromatic carbocycles. The van der Waals surface area contributed by atoms with Gasteiger partial charge in [0.25, 0.3) is 0 Å². The summed E-state index contributed by atoms with van der Waals surface area (Å²) in [5.74, 6) is 0.660. The quantitative estimate of drug-likeness (QED) is 0.762. The van der Waals surface area contributed by atoms with Crippen LogP contribution in [0.3, 0.4) is 0 Å². The first-order valence-electron chi connectivity index (χ1n) is 6.31. The summed E-state index contributed by atoms with van der Waals surface area (Å²) in [4.78, 5) is 11.7. The Hall–Kier alpha value is -1.35. The zero-order valence-corrected chi connectivity index (χ0v) is 10.5. The molecule has 0 aliphatic rings. The minimum atomic E-state index is 0.0895. The molecule has 3 heteroatoms. The maximum Gasteiger partial charge on any atom is 0.224 e. The molecule has 0 radical (unpaired) electrons. The minimum absolute atomic E-state index is 0.0895. The van der Waals surface area contributed by atoms with E-state index in [1.165, 1.54) is 0 Å². The van der Waals surface area contributed by atoms with Gasteiger partial charge < -0.3 is 11.1 Å². The number of carbonyl (C=O) groups excluding carboxylic acids is 1. The SMILES string of the molecule is CCC(CCN)CCC(=O)Nc1ccccc1. The average molecular weight is 234 g/mol. The van der Waals surface area contributed by atoms with Gasteiger partial charge in [0.15, 0.2) is 0 Å². The van der Waals surface area contributed by atoms with E-state index >= 15 is 0 Å². The number of carbonyl (C=O) groups is 1. The molecule has 17 heavy (non-hydrogen) atoms. The number of nitrogens with two attached hydrogens (primary N) is 1. The lowest BCUT2D eigenvalue weighted by atomic mass is 9.96. The summed E-state index contributed by atoms with van der Waals surface area (Å²) >= 11 is 0. The Balaban J connectivity index is 2.30. The van der Waals surface area contributed by atoms with E-state index in [2.05, 4.69) is 12.2 Å². The molecule has 0 saturated carbocycles. The lowest BCUT2D eigenvalue weighted by molar-refractivity contribution is -0.116. The second-order valence-electron chi connectivity index (χ2n) is 4.30. The number of hydrogen-bond donors (Lipinski definition) is 2. The Kier molecular flexibility index (Phi) is 6.33. The van der Waals surface area contributed by atoms with Crippen LogP contribution in [-0.4, -0.2) is 12.5 Å². The molecule has 0 aromatic heterocycles. The highest BCUT2D eigenvalue weighted by molar-refractivity contribution is 5.90. The molecular formula is C14H22N2O. The molecule has 1 aromatic rings. The van der Waals surface area contributed by atoms with Crippen LogP contribution in [0.2, 0.25) is 0 Å². The topological polar surface area (TPSA) is 55.1 Å². The Morgan fingerprint density at radius 3 is 2.59 bits per heavy atom. The molecule has 0 aliphatic heterocycles. The fraction of sp³-hybridized carbons (Fsp3) is 0.500. The van der Waals surface area contributed by atoms with Crippen LogP contribution in [0, 0.1) is 5.92 Å². The van der Waals surface area contributed by atoms with E-state index in [0.717, 1.165) is 24.9 Å². The molecule has 3 nitrogen and oxygen atoms in total. The number of benzene rings is 1. The molecule has 1 unspecified atom stereocenters. The maximum atomic E-state index is 11.7. The molecule has 0 fully saturated rings. The summed E-state index contributed by atoms with van der Waals surface area (Å²) in [5.41, 5.74) is 6.40. The summed E-state index contributed by atoms with van der Waals surface area (Å²) in [6, 6.07) is 9.56. The smallest absolute Gasteiger partial charge is 0.224 e. The van der Waals surface area contributed by atoms with Crippen molar-refractivity contribution in [3.8, 4) is 0 Å². The van der Waals surface area contributed by atoms with Crippen LogP contribution in [0.1, 0.15) is 32.6 Å². The molecule has 0 heterocycles. The van der Waals surface area contributed by atoms with Crippen LogP contribution in [0.5, 0.6) is 0 Å². The molecule has 1 atom stereocenters. The largest absolute Gasteiger partial charge is 0.330 e. The van der Waals surface area contributed by atoms with Gasteiger partial charge in [-0.1, -0.05) is 31.5 Å². The van der Waals surface area contributed by atoms with Crippen molar-refractivity contribution < 1.29 is 4.79 Å². The minimum Gasteiger partial charge on any atom is -0.330 e. The Bertz CT molecular complexity index is 324. The van der Waals surface area contributed by atoms with Gasteiger partial charge in [-0.25, -0.2) is 0 Å². The summed E-state index contributed by atoms with van der Waals surface area (Å²) in [5, 5.41) is 2.89. The second-order valence-corrected chi connectivity index (χ2v) is 4.30. The lowest BCUT2D eigenvalue weighted by Gasteiger charge is -2.13. The van der Waals surface area contributed by atoms with E-state index in [1.54, 1.807) is 0 Å². The normalized spacial score (nSPS) is 12.1. The van der Waals surface area contributed by atoms with Crippen molar-refractivity contribution in [2.24, 2.45) is 11.7 Å². The van der Waals surface area contributed by atoms with Crippen molar-refractivity contribution in [1.29, 1.82) is 0 Å². The highest BCUT2D eigenvalue weighted by Crippen LogP contribution is 2.15. The molecule has 0 spiro atoms. The van der Waals surface area contributed by atoms with Crippen molar-refractivity contribution in [3.63, 3.8) is 0 Å². The first-order valence-corrected chi connectivity index (χ1v) is 6.31. The van der Waals surface area contributed by atoms with Gasteiger partial charge in [0.1, 0.15) is 0 Å². The van der Waals surface area contributed by atoms with Gasteiger partial charge in [0, 0.05) is 12.1 Å². The van der Waals surface area contributed by atoms with Gasteiger partial charge in [0.2, 0.25) is 5.91 Å². The molecule has 1 rings (SSSR count). The zero-order chi connectivity index (χ0) is 12.5. The molecule has 3 N–H and O–H groups in total. The van der Waals surface area contributed by atoms with E-state index in [4.69, 9.17) is 5.73 Å². The molecule has 0 saturated heterocycles. The summed E-state index contributed by atoms with van der Waals surface area (Å²) in [6.45, 7) is 2.86. The average Bonchev–Trinajstić information content (AvgIpc) is 2.35. The third kappa shape index (κ3) is 5.50. The van der Waals surface area contributed by atoms with Gasteiger partial charge in [0.05, 0.1) is 0 Å². The van der Waals surface area contributed by atoms with E-state index in [-0.39, 0.29) is 5.91 Å². The standard InChI is InChI=1S/C14H22N2O/c1-2-12(10-11-15)8-9-14(17)16-13-6-4-3-5-7-13/h3-7,12H,2,8-11,15H2,1H3,(H,16,17). The fourth-order valence-corrected chi connectivity index (χ4v) is 1.87. The third-order valence-corrected chi connectivity index (χ3v) is 2.99. The van der Waals surface area contributed by atoms with Crippen molar-refractivity contribution in [2.45, 2.75) is 32.6 Å². The van der Waals surface area contributed by atoms with Crippen LogP contribution in [-0.2, 0) is 4.79 Å². The van der Waals surface area contributed by atoms with Crippen LogP contribution < -0.4 is 11.1 Å². The summed E-state index contributed by atoms with van der Waals surface area (Å²) in [6.07, 6.45) is 3.60. The number of para-hydroxylation sites is 1.